The summed E-state index contributed by atoms with van der Waals surface area (Å²) < 4.78 is 68.9. The van der Waals surface area contributed by atoms with Crippen LogP contribution in [-0.2, 0) is 25.7 Å². The number of ether oxygens (including phenoxy) is 1. The zero-order valence-corrected chi connectivity index (χ0v) is 16.7. The average molecular weight is 422 g/mol. The van der Waals surface area contributed by atoms with Crippen molar-refractivity contribution in [3.05, 3.63) is 75.9 Å². The van der Waals surface area contributed by atoms with E-state index in [0.717, 1.165) is 37.8 Å². The van der Waals surface area contributed by atoms with E-state index in [2.05, 4.69) is 29.0 Å². The van der Waals surface area contributed by atoms with Gasteiger partial charge in [-0.25, -0.2) is 8.78 Å². The number of hydrogen-bond donors (Lipinski definition) is 0. The molecule has 0 saturated heterocycles. The number of alkyl halides is 3. The lowest BCUT2D eigenvalue weighted by atomic mass is 9.74. The second-order valence-corrected chi connectivity index (χ2v) is 8.17. The lowest BCUT2D eigenvalue weighted by Crippen LogP contribution is -2.21. The van der Waals surface area contributed by atoms with Crippen molar-refractivity contribution in [3.8, 4) is 5.75 Å². The molecule has 160 valence electrons. The van der Waals surface area contributed by atoms with Gasteiger partial charge in [-0.3, -0.25) is 0 Å². The highest BCUT2D eigenvalue weighted by atomic mass is 19.4. The first-order valence-electron chi connectivity index (χ1n) is 10.2. The summed E-state index contributed by atoms with van der Waals surface area (Å²) in [5.74, 6) is -3.62. The van der Waals surface area contributed by atoms with Crippen molar-refractivity contribution in [2.45, 2.75) is 57.7 Å². The standard InChI is InChI=1S/C24H23F5O/c1-2-3-14-4-8-19-16(10-14)5-6-17-11-15(7-9-20(17)19)18-12-21(25)23(22(26)13-18)30-24(27,28)29/h2-3,5-6,12-15H,4,7-11H2,1H3/b3-2+/t14-,15-/m0/s1. The van der Waals surface area contributed by atoms with E-state index in [1.807, 2.05) is 6.92 Å². The topological polar surface area (TPSA) is 9.23 Å². The second kappa shape index (κ2) is 8.05. The summed E-state index contributed by atoms with van der Waals surface area (Å²) in [5.41, 5.74) is 5.69. The number of halogens is 5. The van der Waals surface area contributed by atoms with Crippen LogP contribution in [0.25, 0.3) is 0 Å². The molecular formula is C24H23F5O. The summed E-state index contributed by atoms with van der Waals surface area (Å²) in [4.78, 5) is 0. The van der Waals surface area contributed by atoms with Gasteiger partial charge in [0.05, 0.1) is 0 Å². The van der Waals surface area contributed by atoms with Crippen LogP contribution in [0, 0.1) is 17.6 Å². The van der Waals surface area contributed by atoms with Crippen molar-refractivity contribution in [2.24, 2.45) is 5.92 Å². The number of rotatable bonds is 3. The fourth-order valence-corrected chi connectivity index (χ4v) is 4.95. The van der Waals surface area contributed by atoms with E-state index in [1.165, 1.54) is 22.3 Å². The molecule has 0 amide bonds. The minimum absolute atomic E-state index is 0.140. The monoisotopic (exact) mass is 422 g/mol. The van der Waals surface area contributed by atoms with Crippen molar-refractivity contribution in [1.82, 2.24) is 0 Å². The summed E-state index contributed by atoms with van der Waals surface area (Å²) >= 11 is 0. The molecule has 4 rings (SSSR count). The lowest BCUT2D eigenvalue weighted by molar-refractivity contribution is -0.276. The van der Waals surface area contributed by atoms with Gasteiger partial charge in [0.25, 0.3) is 0 Å². The molecule has 6 heteroatoms. The zero-order chi connectivity index (χ0) is 21.5. The van der Waals surface area contributed by atoms with Crippen LogP contribution in [0.1, 0.15) is 53.5 Å². The summed E-state index contributed by atoms with van der Waals surface area (Å²) in [6.45, 7) is 2.04. The van der Waals surface area contributed by atoms with Gasteiger partial charge in [-0.1, -0.05) is 24.3 Å². The molecule has 0 saturated carbocycles. The summed E-state index contributed by atoms with van der Waals surface area (Å²) in [6.07, 6.45) is 4.54. The van der Waals surface area contributed by atoms with E-state index >= 15 is 0 Å². The summed E-state index contributed by atoms with van der Waals surface area (Å²) in [5, 5.41) is 0. The molecule has 0 spiro atoms. The van der Waals surface area contributed by atoms with Crippen LogP contribution >= 0.6 is 0 Å². The maximum absolute atomic E-state index is 14.1. The maximum Gasteiger partial charge on any atom is 0.573 e. The highest BCUT2D eigenvalue weighted by molar-refractivity contribution is 5.46. The zero-order valence-electron chi connectivity index (χ0n) is 16.7. The number of fused-ring (bicyclic) bond motifs is 3. The van der Waals surface area contributed by atoms with Crippen molar-refractivity contribution in [3.63, 3.8) is 0 Å². The van der Waals surface area contributed by atoms with Crippen molar-refractivity contribution >= 4 is 0 Å². The van der Waals surface area contributed by atoms with Crippen LogP contribution in [0.4, 0.5) is 22.0 Å². The molecule has 0 radical (unpaired) electrons. The van der Waals surface area contributed by atoms with Gasteiger partial charge in [0.2, 0.25) is 5.75 Å². The Morgan fingerprint density at radius 3 is 2.13 bits per heavy atom. The van der Waals surface area contributed by atoms with Crippen molar-refractivity contribution in [1.29, 1.82) is 0 Å². The van der Waals surface area contributed by atoms with E-state index in [9.17, 15) is 22.0 Å². The quantitative estimate of drug-likeness (QED) is 0.390. The predicted octanol–water partition coefficient (Wildman–Crippen LogP) is 6.82. The minimum atomic E-state index is -5.14. The Morgan fingerprint density at radius 1 is 0.933 bits per heavy atom. The Hall–Kier alpha value is -2.37. The van der Waals surface area contributed by atoms with Gasteiger partial charge >= 0.3 is 6.36 Å². The second-order valence-electron chi connectivity index (χ2n) is 8.17. The van der Waals surface area contributed by atoms with Gasteiger partial charge in [0.1, 0.15) is 0 Å². The highest BCUT2D eigenvalue weighted by Gasteiger charge is 2.35. The fourth-order valence-electron chi connectivity index (χ4n) is 4.95. The molecule has 0 bridgehead atoms. The fraction of sp³-hybridized carbons (Fsp3) is 0.417. The normalized spacial score (nSPS) is 21.4. The number of hydrogen-bond acceptors (Lipinski definition) is 1. The molecule has 0 heterocycles. The first-order valence-corrected chi connectivity index (χ1v) is 10.2. The molecule has 2 aromatic carbocycles. The third-order valence-corrected chi connectivity index (χ3v) is 6.26. The predicted molar refractivity (Wildman–Crippen MR) is 105 cm³/mol. The van der Waals surface area contributed by atoms with Crippen LogP contribution in [-0.4, -0.2) is 6.36 Å². The van der Waals surface area contributed by atoms with Crippen LogP contribution in [0.5, 0.6) is 5.75 Å². The molecule has 1 nitrogen and oxygen atoms in total. The Kier molecular flexibility index (Phi) is 5.60. The summed E-state index contributed by atoms with van der Waals surface area (Å²) in [6, 6.07) is 6.21. The lowest BCUT2D eigenvalue weighted by Gasteiger charge is -2.31. The molecular weight excluding hydrogens is 399 g/mol. The van der Waals surface area contributed by atoms with Gasteiger partial charge < -0.3 is 4.74 Å². The van der Waals surface area contributed by atoms with E-state index in [4.69, 9.17) is 0 Å². The smallest absolute Gasteiger partial charge is 0.399 e. The SMILES string of the molecule is C/C=C/[C@H]1CCc2c(ccc3c2CC[C@H](c2cc(F)c(OC(F)(F)F)c(F)c2)C3)C1. The van der Waals surface area contributed by atoms with Crippen LogP contribution in [0.15, 0.2) is 36.4 Å². The molecule has 0 N–H and O–H groups in total. The largest absolute Gasteiger partial charge is 0.573 e. The van der Waals surface area contributed by atoms with Gasteiger partial charge in [-0.15, -0.1) is 13.2 Å². The van der Waals surface area contributed by atoms with Gasteiger partial charge in [-0.2, -0.15) is 0 Å². The number of allylic oxidation sites excluding steroid dienone is 2. The first kappa shape index (κ1) is 20.9. The van der Waals surface area contributed by atoms with E-state index < -0.39 is 23.7 Å². The molecule has 2 aromatic rings. The first-order chi connectivity index (χ1) is 14.2. The molecule has 0 fully saturated rings. The molecule has 0 aliphatic heterocycles. The molecule has 2 aliphatic rings. The molecule has 0 unspecified atom stereocenters. The third-order valence-electron chi connectivity index (χ3n) is 6.26. The van der Waals surface area contributed by atoms with Crippen molar-refractivity contribution < 1.29 is 26.7 Å². The van der Waals surface area contributed by atoms with Gasteiger partial charge in [-0.05, 0) is 97.2 Å². The van der Waals surface area contributed by atoms with Crippen molar-refractivity contribution in [2.75, 3.05) is 0 Å². The maximum atomic E-state index is 14.1. The van der Waals surface area contributed by atoms with Crippen LogP contribution in [0.2, 0.25) is 0 Å². The average Bonchev–Trinajstić information content (AvgIpc) is 2.69. The van der Waals surface area contributed by atoms with Gasteiger partial charge in [0, 0.05) is 0 Å². The van der Waals surface area contributed by atoms with Crippen LogP contribution in [0.3, 0.4) is 0 Å². The number of benzene rings is 2. The Balaban J connectivity index is 1.57. The van der Waals surface area contributed by atoms with E-state index in [1.54, 1.807) is 0 Å². The van der Waals surface area contributed by atoms with E-state index in [0.29, 0.717) is 24.3 Å². The Labute approximate surface area is 172 Å². The highest BCUT2D eigenvalue weighted by Crippen LogP contribution is 2.40. The molecule has 2 atom stereocenters. The third kappa shape index (κ3) is 4.23. The Bertz CT molecular complexity index is 953. The van der Waals surface area contributed by atoms with E-state index in [-0.39, 0.29) is 5.92 Å². The minimum Gasteiger partial charge on any atom is -0.399 e. The molecule has 2 aliphatic carbocycles. The molecule has 30 heavy (non-hydrogen) atoms. The molecule has 0 aromatic heterocycles. The van der Waals surface area contributed by atoms with Gasteiger partial charge in [0.15, 0.2) is 11.6 Å². The summed E-state index contributed by atoms with van der Waals surface area (Å²) in [7, 11) is 0. The van der Waals surface area contributed by atoms with Crippen LogP contribution < -0.4 is 4.74 Å². The Morgan fingerprint density at radius 2 is 1.53 bits per heavy atom.